The molecule has 4 aromatic heterocycles. The molecule has 4 aromatic carbocycles. The van der Waals surface area contributed by atoms with Crippen LogP contribution >= 0.6 is 34.8 Å². The Labute approximate surface area is 559 Å². The fourth-order valence-electron chi connectivity index (χ4n) is 12.5. The van der Waals surface area contributed by atoms with Gasteiger partial charge in [0.05, 0.1) is 72.9 Å². The number of nitrogens with zero attached hydrogens (tertiary/aromatic N) is 14. The Bertz CT molecular complexity index is 4170. The molecule has 8 heterocycles. The summed E-state index contributed by atoms with van der Waals surface area (Å²) in [6, 6.07) is 16.8. The highest BCUT2D eigenvalue weighted by Crippen LogP contribution is 2.41. The van der Waals surface area contributed by atoms with Crippen LogP contribution in [0.1, 0.15) is 76.3 Å². The van der Waals surface area contributed by atoms with Crippen LogP contribution in [0.25, 0.3) is 22.1 Å². The van der Waals surface area contributed by atoms with E-state index in [9.17, 15) is 16.8 Å². The van der Waals surface area contributed by atoms with E-state index in [1.54, 1.807) is 44.7 Å². The summed E-state index contributed by atoms with van der Waals surface area (Å²) < 4.78 is 62.9. The average molecular weight is 1370 g/mol. The number of hydrogen-bond donors (Lipinski definition) is 4. The fourth-order valence-corrected chi connectivity index (χ4v) is 14.0. The Kier molecular flexibility index (Phi) is 22.2. The lowest BCUT2D eigenvalue weighted by Gasteiger charge is -2.38. The predicted molar refractivity (Wildman–Crippen MR) is 376 cm³/mol. The number of nitrogen functional groups attached to an aromatic ring is 1. The quantitative estimate of drug-likeness (QED) is 0.0459. The number of aromatic nitrogens is 8. The molecule has 0 unspecified atom stereocenters. The molecule has 12 rings (SSSR count). The number of anilines is 11. The van der Waals surface area contributed by atoms with Gasteiger partial charge < -0.3 is 50.8 Å². The van der Waals surface area contributed by atoms with Crippen molar-refractivity contribution >= 4 is 140 Å². The first kappa shape index (κ1) is 68.3. The van der Waals surface area contributed by atoms with Crippen molar-refractivity contribution in [3.8, 4) is 11.5 Å². The number of ether oxygens (including phenoxy) is 2. The lowest BCUT2D eigenvalue weighted by atomic mass is 10.0. The number of nitrogens with one attached hydrogen (secondary N) is 3. The summed E-state index contributed by atoms with van der Waals surface area (Å²) >= 11 is 18.4. The summed E-state index contributed by atoms with van der Waals surface area (Å²) in [6.45, 7) is 13.8. The molecule has 0 spiro atoms. The van der Waals surface area contributed by atoms with Gasteiger partial charge in [-0.05, 0) is 150 Å². The Balaban J connectivity index is 0.000000169. The first-order valence-corrected chi connectivity index (χ1v) is 36.0. The van der Waals surface area contributed by atoms with E-state index < -0.39 is 20.0 Å². The van der Waals surface area contributed by atoms with Gasteiger partial charge in [0.2, 0.25) is 31.3 Å². The van der Waals surface area contributed by atoms with Crippen LogP contribution in [-0.2, 0) is 32.9 Å². The summed E-state index contributed by atoms with van der Waals surface area (Å²) in [5.41, 5.74) is 16.0. The Morgan fingerprint density at radius 3 is 1.43 bits per heavy atom. The van der Waals surface area contributed by atoms with E-state index in [1.165, 1.54) is 145 Å². The molecule has 0 atom stereocenters. The number of likely N-dealkylation sites (tertiary alicyclic amines) is 2. The predicted octanol–water partition coefficient (Wildman–Crippen LogP) is 11.4. The summed E-state index contributed by atoms with van der Waals surface area (Å²) in [7, 11) is -0.920. The molecule has 24 nitrogen and oxygen atoms in total. The van der Waals surface area contributed by atoms with Gasteiger partial charge in [0.25, 0.3) is 0 Å². The van der Waals surface area contributed by atoms with E-state index >= 15 is 0 Å². The monoisotopic (exact) mass is 1370 g/mol. The van der Waals surface area contributed by atoms with E-state index in [1.807, 2.05) is 0 Å². The molecule has 5 N–H and O–H groups in total. The molecule has 0 aliphatic carbocycles. The maximum absolute atomic E-state index is 12.6. The van der Waals surface area contributed by atoms with Crippen LogP contribution in [0, 0.1) is 0 Å². The van der Waals surface area contributed by atoms with Crippen molar-refractivity contribution in [3.63, 3.8) is 0 Å². The number of aryl methyl sites for hydroxylation is 2. The van der Waals surface area contributed by atoms with Gasteiger partial charge in [-0.1, -0.05) is 37.0 Å². The summed E-state index contributed by atoms with van der Waals surface area (Å²) in [6.07, 6.45) is 23.3. The Morgan fingerprint density at radius 1 is 0.548 bits per heavy atom. The molecule has 8 aromatic rings. The van der Waals surface area contributed by atoms with Crippen LogP contribution in [0.3, 0.4) is 0 Å². The van der Waals surface area contributed by atoms with Gasteiger partial charge in [-0.2, -0.15) is 9.97 Å². The number of rotatable bonds is 18. The molecule has 0 amide bonds. The number of hydrogen-bond acceptors (Lipinski definition) is 22. The summed E-state index contributed by atoms with van der Waals surface area (Å²) in [4.78, 5) is 44.4. The van der Waals surface area contributed by atoms with Crippen LogP contribution < -0.4 is 49.6 Å². The van der Waals surface area contributed by atoms with Crippen molar-refractivity contribution in [1.82, 2.24) is 49.7 Å². The van der Waals surface area contributed by atoms with Crippen molar-refractivity contribution in [2.45, 2.75) is 90.1 Å². The number of piperidine rings is 2. The van der Waals surface area contributed by atoms with Crippen LogP contribution in [0.5, 0.6) is 11.5 Å². The molecular weight excluding hydrogens is 1290 g/mol. The molecule has 4 aliphatic heterocycles. The molecule has 0 bridgehead atoms. The second kappa shape index (κ2) is 30.2. The molecule has 0 saturated carbocycles. The zero-order valence-electron chi connectivity index (χ0n) is 53.7. The second-order valence-corrected chi connectivity index (χ2v) is 28.5. The van der Waals surface area contributed by atoms with Gasteiger partial charge in [0, 0.05) is 101 Å². The number of nitrogens with two attached hydrogens (primary N) is 1. The van der Waals surface area contributed by atoms with Gasteiger partial charge in [-0.15, -0.1) is 0 Å². The van der Waals surface area contributed by atoms with Crippen molar-refractivity contribution in [2.75, 3.05) is 133 Å². The highest BCUT2D eigenvalue weighted by molar-refractivity contribution is 7.92. The normalized spacial score (nSPS) is 15.9. The lowest BCUT2D eigenvalue weighted by molar-refractivity contribution is 0.208. The Morgan fingerprint density at radius 2 is 0.978 bits per heavy atom. The van der Waals surface area contributed by atoms with Crippen LogP contribution in [0.15, 0.2) is 85.7 Å². The third kappa shape index (κ3) is 16.1. The van der Waals surface area contributed by atoms with Gasteiger partial charge in [0.1, 0.15) is 44.0 Å². The molecule has 4 aliphatic rings. The maximum Gasteiger partial charge on any atom is 0.232 e. The molecule has 4 fully saturated rings. The highest BCUT2D eigenvalue weighted by Gasteiger charge is 2.31. The van der Waals surface area contributed by atoms with Gasteiger partial charge in [0.15, 0.2) is 11.6 Å². The Hall–Kier alpha value is -7.59. The minimum Gasteiger partial charge on any atom is -0.495 e. The smallest absolute Gasteiger partial charge is 0.232 e. The van der Waals surface area contributed by atoms with Crippen molar-refractivity contribution < 1.29 is 26.3 Å². The number of methoxy groups -OCH3 is 2. The first-order valence-electron chi connectivity index (χ1n) is 31.2. The van der Waals surface area contributed by atoms with E-state index in [0.29, 0.717) is 62.6 Å². The maximum atomic E-state index is 12.6. The molecule has 4 saturated heterocycles. The van der Waals surface area contributed by atoms with Gasteiger partial charge in [-0.3, -0.25) is 28.5 Å². The molecule has 29 heteroatoms. The van der Waals surface area contributed by atoms with E-state index in [-0.39, 0.29) is 27.0 Å². The lowest BCUT2D eigenvalue weighted by Crippen LogP contribution is -2.44. The summed E-state index contributed by atoms with van der Waals surface area (Å²) in [5.74, 6) is 2.32. The van der Waals surface area contributed by atoms with Crippen LogP contribution in [-0.4, -0.2) is 172 Å². The van der Waals surface area contributed by atoms with Gasteiger partial charge >= 0.3 is 0 Å². The van der Waals surface area contributed by atoms with E-state index in [4.69, 9.17) is 50.0 Å². The molecule has 93 heavy (non-hydrogen) atoms. The van der Waals surface area contributed by atoms with Crippen LogP contribution in [0.2, 0.25) is 15.3 Å². The largest absolute Gasteiger partial charge is 0.495 e. The number of benzene rings is 4. The summed E-state index contributed by atoms with van der Waals surface area (Å²) in [5, 5.41) is 10.00. The third-order valence-corrected chi connectivity index (χ3v) is 20.7. The van der Waals surface area contributed by atoms with E-state index in [2.05, 4.69) is 114 Å². The average Bonchev–Trinajstić information content (AvgIpc) is 1.07. The third-order valence-electron chi connectivity index (χ3n) is 17.6. The first-order chi connectivity index (χ1) is 44.6. The highest BCUT2D eigenvalue weighted by atomic mass is 35.5. The molecule has 0 radical (unpaired) electrons. The van der Waals surface area contributed by atoms with Crippen molar-refractivity contribution in [2.24, 2.45) is 0 Å². The van der Waals surface area contributed by atoms with Gasteiger partial charge in [-0.25, -0.2) is 26.8 Å². The molecule has 496 valence electrons. The minimum absolute atomic E-state index is 0.00509. The number of sulfonamides is 2. The zero-order valence-corrected chi connectivity index (χ0v) is 57.6. The van der Waals surface area contributed by atoms with Crippen molar-refractivity contribution in [1.29, 1.82) is 0 Å². The minimum atomic E-state index is -3.63. The van der Waals surface area contributed by atoms with E-state index in [0.717, 1.165) is 83.3 Å². The molecular formula is C64H81Cl3N18O6S2. The number of halogens is 3. The van der Waals surface area contributed by atoms with Crippen molar-refractivity contribution in [3.05, 3.63) is 112 Å². The zero-order chi connectivity index (χ0) is 66.1. The SMILES string of the molecule is CCc1cc(N)c(OC)cc1N1CCC(N2CCCC2)CC1.CCc1cc(Nc2ncc(Cl)c(Nc3ccc4nccnc4c3N(C)S(C)(=O)=O)n2)c(OC)cc1N1CCC(N2CCCC2)CC1.CN(c1c(Nc2nc(Cl)ncc2Cl)ccc2nccnc12)S(C)(=O)=O. The topological polar surface area (TPSA) is 271 Å². The number of fused-ring (bicyclic) bond motifs is 2. The standard InChI is InChI=1S/C32H40ClN9O3S.C18H29N3O.C14H12Cl2N6O2S/c1-5-21-18-26(28(45-3)19-27(21)42-16-10-22(11-17-42)41-14-6-7-15-41)38-32-36-20-23(33)31(39-32)37-25-9-8-24-29(35-13-12-34-24)30(25)40(2)46(4,43)44;1-3-14-12-16(19)18(22-2)13-17(14)21-10-6-15(7-11-21)20-8-4-5-9-20;1-22(25(2,23)24)12-10(4-3-9-11(12)18-6-5-17-9)20-13-8(15)7-19-14(16)21-13/h8-9,12-13,18-20,22H,5-7,10-11,14-17H2,1-4H3,(H2,36,37,38,39);12-13,15H,3-11,19H2,1-2H3;3-7H,1-2H3,(H,19,20,21). The van der Waals surface area contributed by atoms with Crippen LogP contribution in [0.4, 0.5) is 63.1 Å². The second-order valence-electron chi connectivity index (χ2n) is 23.4. The fraction of sp³-hybridized carbons (Fsp3) is 0.438.